The summed E-state index contributed by atoms with van der Waals surface area (Å²) in [4.78, 5) is 23.7. The minimum atomic E-state index is -4.41. The number of hydrogen-bond donors (Lipinski definition) is 2. The first-order chi connectivity index (χ1) is 18.3. The van der Waals surface area contributed by atoms with Crippen molar-refractivity contribution in [3.8, 4) is 5.69 Å². The molecule has 1 amide bonds. The molecule has 38 heavy (non-hydrogen) atoms. The molecule has 3 aromatic heterocycles. The van der Waals surface area contributed by atoms with Crippen LogP contribution < -0.4 is 15.5 Å². The number of rotatable bonds is 5. The third-order valence-corrected chi connectivity index (χ3v) is 7.43. The molecule has 2 N–H and O–H groups in total. The van der Waals surface area contributed by atoms with Gasteiger partial charge in [-0.1, -0.05) is 6.07 Å². The van der Waals surface area contributed by atoms with Gasteiger partial charge in [-0.3, -0.25) is 4.79 Å². The molecule has 0 spiro atoms. The molecule has 0 radical (unpaired) electrons. The zero-order chi connectivity index (χ0) is 26.3. The van der Waals surface area contributed by atoms with E-state index in [1.807, 2.05) is 16.3 Å². The van der Waals surface area contributed by atoms with Gasteiger partial charge >= 0.3 is 6.18 Å². The lowest BCUT2D eigenvalue weighted by atomic mass is 10.1. The molecule has 1 aliphatic rings. The Morgan fingerprint density at radius 1 is 1.13 bits per heavy atom. The van der Waals surface area contributed by atoms with Crippen LogP contribution in [0, 0.1) is 0 Å². The lowest BCUT2D eigenvalue weighted by molar-refractivity contribution is -0.137. The molecule has 6 rings (SSSR count). The summed E-state index contributed by atoms with van der Waals surface area (Å²) < 4.78 is 41.5. The summed E-state index contributed by atoms with van der Waals surface area (Å²) in [6, 6.07) is 12.6. The van der Waals surface area contributed by atoms with Crippen LogP contribution in [-0.2, 0) is 17.5 Å². The van der Waals surface area contributed by atoms with Gasteiger partial charge in [0.05, 0.1) is 16.6 Å². The Balaban J connectivity index is 1.17. The van der Waals surface area contributed by atoms with Crippen molar-refractivity contribution in [1.29, 1.82) is 0 Å². The van der Waals surface area contributed by atoms with Crippen LogP contribution >= 0.6 is 11.3 Å². The molecule has 1 unspecified atom stereocenters. The van der Waals surface area contributed by atoms with Crippen molar-refractivity contribution in [3.63, 3.8) is 0 Å². The molecule has 194 valence electrons. The number of amides is 1. The maximum atomic E-state index is 13.0. The van der Waals surface area contributed by atoms with Gasteiger partial charge in [0.15, 0.2) is 5.65 Å². The molecule has 8 nitrogen and oxygen atoms in total. The number of nitrogens with zero attached hydrogens (tertiary/aromatic N) is 5. The molecule has 0 aliphatic carbocycles. The predicted molar refractivity (Wildman–Crippen MR) is 139 cm³/mol. The largest absolute Gasteiger partial charge is 0.416 e. The number of nitrogens with one attached hydrogen (secondary N) is 2. The first-order valence-electron chi connectivity index (χ1n) is 12.0. The third-order valence-electron chi connectivity index (χ3n) is 6.53. The van der Waals surface area contributed by atoms with Crippen LogP contribution in [0.2, 0.25) is 0 Å². The van der Waals surface area contributed by atoms with Crippen LogP contribution in [0.25, 0.3) is 26.8 Å². The van der Waals surface area contributed by atoms with E-state index in [-0.39, 0.29) is 5.91 Å². The zero-order valence-corrected chi connectivity index (χ0v) is 20.8. The van der Waals surface area contributed by atoms with Gasteiger partial charge in [0.1, 0.15) is 18.2 Å². The van der Waals surface area contributed by atoms with E-state index in [0.29, 0.717) is 48.7 Å². The minimum Gasteiger partial charge on any atom is -0.353 e. The van der Waals surface area contributed by atoms with Gasteiger partial charge in [-0.15, -0.1) is 16.4 Å². The summed E-state index contributed by atoms with van der Waals surface area (Å²) in [6.07, 6.45) is -1.31. The average Bonchev–Trinajstić information content (AvgIpc) is 3.58. The van der Waals surface area contributed by atoms with Crippen molar-refractivity contribution in [3.05, 3.63) is 77.6 Å². The summed E-state index contributed by atoms with van der Waals surface area (Å²) in [5, 5.41) is 14.6. The Morgan fingerprint density at radius 2 is 1.97 bits per heavy atom. The number of piperazine rings is 1. The number of alkyl halides is 3. The number of hydrogen-bond acceptors (Lipinski definition) is 7. The molecule has 5 aromatic rings. The van der Waals surface area contributed by atoms with Gasteiger partial charge < -0.3 is 15.5 Å². The van der Waals surface area contributed by atoms with Crippen molar-refractivity contribution in [2.24, 2.45) is 0 Å². The second-order valence-electron chi connectivity index (χ2n) is 9.02. The van der Waals surface area contributed by atoms with Crippen LogP contribution in [-0.4, -0.2) is 51.3 Å². The molecule has 2 aromatic carbocycles. The van der Waals surface area contributed by atoms with Crippen LogP contribution in [0.3, 0.4) is 0 Å². The minimum absolute atomic E-state index is 0.106. The van der Waals surface area contributed by atoms with E-state index in [9.17, 15) is 18.0 Å². The van der Waals surface area contributed by atoms with Crippen LogP contribution in [0.4, 0.5) is 19.0 Å². The second-order valence-corrected chi connectivity index (χ2v) is 9.96. The van der Waals surface area contributed by atoms with E-state index in [4.69, 9.17) is 0 Å². The number of halogens is 3. The van der Waals surface area contributed by atoms with Crippen LogP contribution in [0.5, 0.6) is 0 Å². The molecule has 12 heteroatoms. The van der Waals surface area contributed by atoms with E-state index in [1.165, 1.54) is 27.8 Å². The smallest absolute Gasteiger partial charge is 0.353 e. The van der Waals surface area contributed by atoms with E-state index in [1.54, 1.807) is 17.5 Å². The quantitative estimate of drug-likeness (QED) is 0.351. The number of carbonyl (C=O) groups is 1. The van der Waals surface area contributed by atoms with Gasteiger partial charge in [-0.2, -0.15) is 13.2 Å². The summed E-state index contributed by atoms with van der Waals surface area (Å²) in [5.74, 6) is 0.515. The number of benzene rings is 2. The van der Waals surface area contributed by atoms with E-state index >= 15 is 0 Å². The lowest BCUT2D eigenvalue weighted by Crippen LogP contribution is -2.57. The second kappa shape index (κ2) is 9.69. The first-order valence-corrected chi connectivity index (χ1v) is 12.8. The lowest BCUT2D eigenvalue weighted by Gasteiger charge is -2.33. The highest BCUT2D eigenvalue weighted by Crippen LogP contribution is 2.30. The highest BCUT2D eigenvalue weighted by Gasteiger charge is 2.30. The summed E-state index contributed by atoms with van der Waals surface area (Å²) in [6.45, 7) is 2.03. The third kappa shape index (κ3) is 4.79. The van der Waals surface area contributed by atoms with Gasteiger partial charge in [-0.05, 0) is 58.8 Å². The molecule has 1 aliphatic heterocycles. The van der Waals surface area contributed by atoms with Crippen molar-refractivity contribution < 1.29 is 18.0 Å². The fraction of sp³-hybridized carbons (Fsp3) is 0.231. The van der Waals surface area contributed by atoms with Gasteiger partial charge in [0, 0.05) is 37.1 Å². The summed E-state index contributed by atoms with van der Waals surface area (Å²) in [7, 11) is 0. The van der Waals surface area contributed by atoms with Crippen molar-refractivity contribution in [2.75, 3.05) is 24.5 Å². The van der Waals surface area contributed by atoms with Crippen LogP contribution in [0.15, 0.2) is 66.4 Å². The number of thiophene rings is 1. The average molecular weight is 538 g/mol. The zero-order valence-electron chi connectivity index (χ0n) is 19.9. The van der Waals surface area contributed by atoms with Crippen molar-refractivity contribution in [2.45, 2.75) is 18.8 Å². The SMILES string of the molecule is O=C(NCc1ccc2sccc2c1)C1CN(c2ncnc3nn(-c4ccc(C(F)(F)F)cc4)cc23)CCN1. The first kappa shape index (κ1) is 24.3. The summed E-state index contributed by atoms with van der Waals surface area (Å²) >= 11 is 1.68. The Hall–Kier alpha value is -4.03. The maximum Gasteiger partial charge on any atom is 0.416 e. The monoisotopic (exact) mass is 537 g/mol. The Morgan fingerprint density at radius 3 is 2.79 bits per heavy atom. The molecular weight excluding hydrogens is 515 g/mol. The van der Waals surface area contributed by atoms with Crippen LogP contribution in [0.1, 0.15) is 11.1 Å². The highest BCUT2D eigenvalue weighted by atomic mass is 32.1. The number of anilines is 1. The molecule has 0 saturated carbocycles. The van der Waals surface area contributed by atoms with E-state index in [2.05, 4.69) is 43.9 Å². The number of carbonyl (C=O) groups excluding carboxylic acids is 1. The topological polar surface area (TPSA) is 88.0 Å². The summed E-state index contributed by atoms with van der Waals surface area (Å²) in [5.41, 5.74) is 1.19. The van der Waals surface area contributed by atoms with E-state index < -0.39 is 17.8 Å². The molecule has 4 heterocycles. The standard InChI is InChI=1S/C26H22F3N7OS/c27-26(28,29)18-2-4-19(5-3-18)36-13-20-23(34-36)32-15-33-24(20)35-9-8-30-21(14-35)25(37)31-12-16-1-6-22-17(11-16)7-10-38-22/h1-7,10-11,13,15,21,30H,8-9,12,14H2,(H,31,37). The molecule has 1 atom stereocenters. The molecular formula is C26H22F3N7OS. The number of aromatic nitrogens is 4. The molecule has 1 fully saturated rings. The fourth-order valence-corrected chi connectivity index (χ4v) is 5.34. The Kier molecular flexibility index (Phi) is 6.20. The van der Waals surface area contributed by atoms with Crippen molar-refractivity contribution >= 4 is 44.2 Å². The Labute approximate surface area is 219 Å². The number of fused-ring (bicyclic) bond motifs is 2. The van der Waals surface area contributed by atoms with Gasteiger partial charge in [-0.25, -0.2) is 14.6 Å². The normalized spacial score (nSPS) is 16.3. The molecule has 0 bridgehead atoms. The van der Waals surface area contributed by atoms with Crippen molar-refractivity contribution in [1.82, 2.24) is 30.4 Å². The maximum absolute atomic E-state index is 13.0. The van der Waals surface area contributed by atoms with Gasteiger partial charge in [0.25, 0.3) is 0 Å². The fourth-order valence-electron chi connectivity index (χ4n) is 4.57. The van der Waals surface area contributed by atoms with Gasteiger partial charge in [0.2, 0.25) is 5.91 Å². The Bertz CT molecular complexity index is 1610. The highest BCUT2D eigenvalue weighted by molar-refractivity contribution is 7.17. The van der Waals surface area contributed by atoms with E-state index in [0.717, 1.165) is 23.1 Å². The predicted octanol–water partition coefficient (Wildman–Crippen LogP) is 4.14. The molecule has 1 saturated heterocycles.